The van der Waals surface area contributed by atoms with E-state index in [0.29, 0.717) is 11.5 Å². The first kappa shape index (κ1) is 16.3. The molecule has 0 fully saturated rings. The third-order valence-corrected chi connectivity index (χ3v) is 4.08. The van der Waals surface area contributed by atoms with Gasteiger partial charge < -0.3 is 14.8 Å². The van der Waals surface area contributed by atoms with E-state index in [1.165, 1.54) is 5.56 Å². The Morgan fingerprint density at radius 2 is 1.96 bits per heavy atom. The number of hydrogen-bond acceptors (Lipinski definition) is 5. The van der Waals surface area contributed by atoms with Gasteiger partial charge in [0.15, 0.2) is 11.5 Å². The fraction of sp³-hybridized carbons (Fsp3) is 0.176. The van der Waals surface area contributed by atoms with Crippen molar-refractivity contribution >= 4 is 33.7 Å². The second kappa shape index (κ2) is 7.35. The highest BCUT2D eigenvalue weighted by atomic mass is 79.9. The Kier molecular flexibility index (Phi) is 5.00. The Balaban J connectivity index is 1.52. The molecule has 1 aliphatic rings. The molecule has 1 heterocycles. The normalized spacial score (nSPS) is 12.4. The molecule has 3 rings (SSSR count). The standard InChI is InChI=1S/C17H16BrN3O3/c1-11-2-4-13(5-3-11)19-9-17(22)21-20-8-12-6-15-16(7-14(12)18)24-10-23-15/h2-8,19H,9-10H2,1H3,(H,21,22)/b20-8+. The van der Waals surface area contributed by atoms with Crippen LogP contribution in [0.5, 0.6) is 11.5 Å². The van der Waals surface area contributed by atoms with E-state index in [9.17, 15) is 4.79 Å². The van der Waals surface area contributed by atoms with Gasteiger partial charge in [0.2, 0.25) is 6.79 Å². The van der Waals surface area contributed by atoms with Gasteiger partial charge in [-0.3, -0.25) is 4.79 Å². The maximum absolute atomic E-state index is 11.8. The summed E-state index contributed by atoms with van der Waals surface area (Å²) in [5.41, 5.74) is 5.32. The quantitative estimate of drug-likeness (QED) is 0.608. The summed E-state index contributed by atoms with van der Waals surface area (Å²) in [4.78, 5) is 11.8. The Labute approximate surface area is 148 Å². The van der Waals surface area contributed by atoms with Crippen molar-refractivity contribution < 1.29 is 14.3 Å². The van der Waals surface area contributed by atoms with E-state index in [-0.39, 0.29) is 19.2 Å². The Morgan fingerprint density at radius 3 is 2.71 bits per heavy atom. The molecule has 124 valence electrons. The number of benzene rings is 2. The zero-order chi connectivity index (χ0) is 16.9. The minimum absolute atomic E-state index is 0.142. The molecule has 0 aromatic heterocycles. The molecular formula is C17H16BrN3O3. The van der Waals surface area contributed by atoms with E-state index in [4.69, 9.17) is 9.47 Å². The van der Waals surface area contributed by atoms with Crippen LogP contribution >= 0.6 is 15.9 Å². The summed E-state index contributed by atoms with van der Waals surface area (Å²) in [6, 6.07) is 11.4. The maximum atomic E-state index is 11.8. The first-order valence-corrected chi connectivity index (χ1v) is 8.13. The largest absolute Gasteiger partial charge is 0.454 e. The van der Waals surface area contributed by atoms with E-state index in [1.54, 1.807) is 12.3 Å². The van der Waals surface area contributed by atoms with Crippen LogP contribution in [0.4, 0.5) is 5.69 Å². The van der Waals surface area contributed by atoms with Gasteiger partial charge in [-0.1, -0.05) is 17.7 Å². The Hall–Kier alpha value is -2.54. The lowest BCUT2D eigenvalue weighted by atomic mass is 10.2. The predicted molar refractivity (Wildman–Crippen MR) is 95.7 cm³/mol. The topological polar surface area (TPSA) is 72.0 Å². The summed E-state index contributed by atoms with van der Waals surface area (Å²) in [7, 11) is 0. The van der Waals surface area contributed by atoms with Gasteiger partial charge in [-0.2, -0.15) is 5.10 Å². The van der Waals surface area contributed by atoms with Gasteiger partial charge in [0.25, 0.3) is 5.91 Å². The van der Waals surface area contributed by atoms with Crippen LogP contribution in [0, 0.1) is 6.92 Å². The average Bonchev–Trinajstić information content (AvgIpc) is 3.01. The van der Waals surface area contributed by atoms with Crippen molar-refractivity contribution in [2.24, 2.45) is 5.10 Å². The van der Waals surface area contributed by atoms with Gasteiger partial charge in [0.1, 0.15) is 0 Å². The van der Waals surface area contributed by atoms with E-state index < -0.39 is 0 Å². The van der Waals surface area contributed by atoms with E-state index in [1.807, 2.05) is 37.3 Å². The van der Waals surface area contributed by atoms with Crippen LogP contribution in [-0.4, -0.2) is 25.5 Å². The van der Waals surface area contributed by atoms with Crippen LogP contribution in [0.1, 0.15) is 11.1 Å². The van der Waals surface area contributed by atoms with Gasteiger partial charge >= 0.3 is 0 Å². The van der Waals surface area contributed by atoms with E-state index in [0.717, 1.165) is 15.7 Å². The molecule has 0 bridgehead atoms. The van der Waals surface area contributed by atoms with Gasteiger partial charge in [-0.05, 0) is 47.1 Å². The molecule has 0 saturated carbocycles. The van der Waals surface area contributed by atoms with Crippen molar-refractivity contribution in [1.29, 1.82) is 0 Å². The molecule has 2 N–H and O–H groups in total. The number of fused-ring (bicyclic) bond motifs is 1. The molecule has 0 radical (unpaired) electrons. The summed E-state index contributed by atoms with van der Waals surface area (Å²) in [6.07, 6.45) is 1.55. The SMILES string of the molecule is Cc1ccc(NCC(=O)N/N=C/c2cc3c(cc2Br)OCO3)cc1. The fourth-order valence-corrected chi connectivity index (χ4v) is 2.52. The molecular weight excluding hydrogens is 374 g/mol. The van der Waals surface area contributed by atoms with Crippen LogP contribution in [0.25, 0.3) is 0 Å². The smallest absolute Gasteiger partial charge is 0.259 e. The fourth-order valence-electron chi connectivity index (χ4n) is 2.10. The number of nitrogens with zero attached hydrogens (tertiary/aromatic N) is 1. The molecule has 0 unspecified atom stereocenters. The van der Waals surface area contributed by atoms with Gasteiger partial charge in [0, 0.05) is 15.7 Å². The second-order valence-corrected chi connectivity index (χ2v) is 6.09. The zero-order valence-corrected chi connectivity index (χ0v) is 14.6. The number of hydrazone groups is 1. The van der Waals surface area contributed by atoms with Crippen molar-refractivity contribution in [3.05, 3.63) is 52.0 Å². The summed E-state index contributed by atoms with van der Waals surface area (Å²) in [5, 5.41) is 7.00. The van der Waals surface area contributed by atoms with Crippen LogP contribution in [-0.2, 0) is 4.79 Å². The maximum Gasteiger partial charge on any atom is 0.259 e. The molecule has 6 nitrogen and oxygen atoms in total. The van der Waals surface area contributed by atoms with Crippen LogP contribution in [0.3, 0.4) is 0 Å². The number of hydrogen-bond donors (Lipinski definition) is 2. The van der Waals surface area contributed by atoms with Crippen LogP contribution in [0.2, 0.25) is 0 Å². The van der Waals surface area contributed by atoms with E-state index >= 15 is 0 Å². The lowest BCUT2D eigenvalue weighted by Gasteiger charge is -2.05. The molecule has 0 aliphatic carbocycles. The van der Waals surface area contributed by atoms with Crippen LogP contribution in [0.15, 0.2) is 46.0 Å². The molecule has 0 spiro atoms. The van der Waals surface area contributed by atoms with Crippen LogP contribution < -0.4 is 20.2 Å². The second-order valence-electron chi connectivity index (χ2n) is 5.24. The van der Waals surface area contributed by atoms with Crippen molar-refractivity contribution in [3.63, 3.8) is 0 Å². The summed E-state index contributed by atoms with van der Waals surface area (Å²) < 4.78 is 11.4. The van der Waals surface area contributed by atoms with Crippen molar-refractivity contribution in [2.45, 2.75) is 6.92 Å². The number of rotatable bonds is 5. The molecule has 24 heavy (non-hydrogen) atoms. The molecule has 1 amide bonds. The van der Waals surface area contributed by atoms with E-state index in [2.05, 4.69) is 31.8 Å². The summed E-state index contributed by atoms with van der Waals surface area (Å²) in [5.74, 6) is 1.11. The summed E-state index contributed by atoms with van der Waals surface area (Å²) in [6.45, 7) is 2.37. The molecule has 2 aromatic rings. The Bertz CT molecular complexity index is 775. The monoisotopic (exact) mass is 389 g/mol. The number of carbonyl (C=O) groups excluding carboxylic acids is 1. The third-order valence-electron chi connectivity index (χ3n) is 3.39. The molecule has 2 aromatic carbocycles. The highest BCUT2D eigenvalue weighted by Gasteiger charge is 2.15. The van der Waals surface area contributed by atoms with Gasteiger partial charge in [0.05, 0.1) is 12.8 Å². The lowest BCUT2D eigenvalue weighted by Crippen LogP contribution is -2.25. The highest BCUT2D eigenvalue weighted by Crippen LogP contribution is 2.36. The predicted octanol–water partition coefficient (Wildman–Crippen LogP) is 3.05. The number of aryl methyl sites for hydroxylation is 1. The minimum Gasteiger partial charge on any atom is -0.454 e. The molecule has 0 saturated heterocycles. The Morgan fingerprint density at radius 1 is 1.25 bits per heavy atom. The van der Waals surface area contributed by atoms with Crippen molar-refractivity contribution in [1.82, 2.24) is 5.43 Å². The molecule has 7 heteroatoms. The molecule has 0 atom stereocenters. The number of anilines is 1. The van der Waals surface area contributed by atoms with Crippen molar-refractivity contribution in [3.8, 4) is 11.5 Å². The highest BCUT2D eigenvalue weighted by molar-refractivity contribution is 9.10. The number of ether oxygens (including phenoxy) is 2. The van der Waals surface area contributed by atoms with Gasteiger partial charge in [-0.15, -0.1) is 0 Å². The number of nitrogens with one attached hydrogen (secondary N) is 2. The first-order valence-electron chi connectivity index (χ1n) is 7.33. The number of halogens is 1. The zero-order valence-electron chi connectivity index (χ0n) is 13.0. The lowest BCUT2D eigenvalue weighted by molar-refractivity contribution is -0.119. The minimum atomic E-state index is -0.233. The number of carbonyl (C=O) groups is 1. The first-order chi connectivity index (χ1) is 11.6. The summed E-state index contributed by atoms with van der Waals surface area (Å²) >= 11 is 3.43. The number of amides is 1. The van der Waals surface area contributed by atoms with Gasteiger partial charge in [-0.25, -0.2) is 5.43 Å². The average molecular weight is 390 g/mol. The van der Waals surface area contributed by atoms with Crippen molar-refractivity contribution in [2.75, 3.05) is 18.7 Å². The third kappa shape index (κ3) is 4.05. The molecule has 1 aliphatic heterocycles.